The molecule has 0 spiro atoms. The molecule has 0 saturated carbocycles. The Morgan fingerprint density at radius 1 is 1.19 bits per heavy atom. The molecule has 1 aromatic carbocycles. The summed E-state index contributed by atoms with van der Waals surface area (Å²) >= 11 is 8.39. The summed E-state index contributed by atoms with van der Waals surface area (Å²) in [5, 5.41) is 4.61. The Kier molecular flexibility index (Phi) is 8.82. The van der Waals surface area contributed by atoms with E-state index in [1.807, 2.05) is 19.1 Å². The summed E-state index contributed by atoms with van der Waals surface area (Å²) in [6, 6.07) is 7.19. The molecular formula is C25H32ClN5O3S2. The highest BCUT2D eigenvalue weighted by atomic mass is 35.5. The van der Waals surface area contributed by atoms with Crippen LogP contribution in [0.2, 0.25) is 5.02 Å². The van der Waals surface area contributed by atoms with Gasteiger partial charge >= 0.3 is 0 Å². The molecule has 4 rings (SSSR count). The molecule has 3 heterocycles. The maximum Gasteiger partial charge on any atom is 0.232 e. The summed E-state index contributed by atoms with van der Waals surface area (Å²) in [5.41, 5.74) is 2.44. The third-order valence-corrected chi connectivity index (χ3v) is 8.89. The second kappa shape index (κ2) is 11.9. The first kappa shape index (κ1) is 26.8. The van der Waals surface area contributed by atoms with Crippen LogP contribution in [-0.4, -0.2) is 48.9 Å². The molecule has 0 radical (unpaired) electrons. The van der Waals surface area contributed by atoms with Crippen molar-refractivity contribution in [3.8, 4) is 21.8 Å². The van der Waals surface area contributed by atoms with E-state index in [2.05, 4.69) is 28.9 Å². The fourth-order valence-electron chi connectivity index (χ4n) is 3.96. The van der Waals surface area contributed by atoms with Gasteiger partial charge in [0.25, 0.3) is 0 Å². The number of anilines is 2. The van der Waals surface area contributed by atoms with E-state index in [4.69, 9.17) is 26.3 Å². The molecule has 2 N–H and O–H groups in total. The lowest BCUT2D eigenvalue weighted by molar-refractivity contribution is 0.0853. The monoisotopic (exact) mass is 549 g/mol. The normalized spacial score (nSPS) is 14.8. The highest BCUT2D eigenvalue weighted by Crippen LogP contribution is 2.44. The Morgan fingerprint density at radius 3 is 2.69 bits per heavy atom. The summed E-state index contributed by atoms with van der Waals surface area (Å²) in [6.07, 6.45) is 4.06. The number of hydrogen-bond donors (Lipinski definition) is 2. The summed E-state index contributed by atoms with van der Waals surface area (Å²) in [7, 11) is -3.49. The predicted molar refractivity (Wildman–Crippen MR) is 147 cm³/mol. The maximum absolute atomic E-state index is 12.4. The summed E-state index contributed by atoms with van der Waals surface area (Å²) in [5.74, 6) is 1.33. The molecule has 1 fully saturated rings. The largest absolute Gasteiger partial charge is 0.381 e. The molecule has 8 nitrogen and oxygen atoms in total. The van der Waals surface area contributed by atoms with Crippen molar-refractivity contribution in [1.82, 2.24) is 15.0 Å². The van der Waals surface area contributed by atoms with Crippen molar-refractivity contribution in [3.05, 3.63) is 40.5 Å². The van der Waals surface area contributed by atoms with Crippen LogP contribution in [0.1, 0.15) is 51.0 Å². The molecule has 1 saturated heterocycles. The van der Waals surface area contributed by atoms with Gasteiger partial charge in [0, 0.05) is 37.4 Å². The van der Waals surface area contributed by atoms with Gasteiger partial charge in [0.05, 0.1) is 37.7 Å². The lowest BCUT2D eigenvalue weighted by Gasteiger charge is -2.19. The molecule has 0 aliphatic carbocycles. The van der Waals surface area contributed by atoms with Crippen LogP contribution in [0, 0.1) is 5.92 Å². The number of hydrogen-bond acceptors (Lipinski definition) is 8. The molecule has 3 aromatic rings. The predicted octanol–water partition coefficient (Wildman–Crippen LogP) is 6.03. The van der Waals surface area contributed by atoms with Gasteiger partial charge in [0.15, 0.2) is 0 Å². The quantitative estimate of drug-likeness (QED) is 0.318. The van der Waals surface area contributed by atoms with Crippen LogP contribution in [0.15, 0.2) is 30.5 Å². The van der Waals surface area contributed by atoms with E-state index < -0.39 is 10.0 Å². The number of ether oxygens (including phenoxy) is 1. The van der Waals surface area contributed by atoms with Crippen molar-refractivity contribution in [2.24, 2.45) is 5.92 Å². The molecule has 0 atom stereocenters. The molecule has 1 aliphatic heterocycles. The van der Waals surface area contributed by atoms with Crippen molar-refractivity contribution < 1.29 is 13.2 Å². The van der Waals surface area contributed by atoms with Crippen molar-refractivity contribution in [2.75, 3.05) is 35.6 Å². The number of benzene rings is 1. The maximum atomic E-state index is 12.4. The van der Waals surface area contributed by atoms with Gasteiger partial charge in [0.1, 0.15) is 0 Å². The fourth-order valence-corrected chi connectivity index (χ4v) is 6.64. The van der Waals surface area contributed by atoms with Gasteiger partial charge in [-0.25, -0.2) is 23.4 Å². The van der Waals surface area contributed by atoms with Gasteiger partial charge in [-0.3, -0.25) is 4.72 Å². The molecule has 194 valence electrons. The van der Waals surface area contributed by atoms with Crippen LogP contribution in [-0.2, 0) is 14.8 Å². The van der Waals surface area contributed by atoms with Gasteiger partial charge < -0.3 is 10.1 Å². The molecule has 0 unspecified atom stereocenters. The van der Waals surface area contributed by atoms with Crippen LogP contribution in [0.25, 0.3) is 21.8 Å². The number of halogens is 1. The molecule has 2 aromatic heterocycles. The topological polar surface area (TPSA) is 106 Å². The fraction of sp³-hybridized carbons (Fsp3) is 0.480. The van der Waals surface area contributed by atoms with Gasteiger partial charge in [0.2, 0.25) is 16.0 Å². The first-order chi connectivity index (χ1) is 17.3. The molecule has 1 aliphatic rings. The van der Waals surface area contributed by atoms with Gasteiger partial charge in [-0.2, -0.15) is 0 Å². The Morgan fingerprint density at radius 2 is 1.97 bits per heavy atom. The Bertz CT molecular complexity index is 1290. The Labute approximate surface area is 221 Å². The van der Waals surface area contributed by atoms with Crippen LogP contribution in [0.3, 0.4) is 0 Å². The smallest absolute Gasteiger partial charge is 0.232 e. The van der Waals surface area contributed by atoms with E-state index in [-0.39, 0.29) is 5.75 Å². The standard InChI is InChI=1S/C25H32ClN5O3S2/c1-4-14-36(32,33)31-19-7-5-6-18(21(19)26)22-23(35-24(30-22)17-9-12-34-13-10-17)20-8-11-27-25(29-20)28-15-16(2)3/h5-8,11,16-17,31H,4,9-10,12-15H2,1-3H3,(H,27,28,29). The van der Waals surface area contributed by atoms with E-state index in [0.717, 1.165) is 35.0 Å². The first-order valence-corrected chi connectivity index (χ1v) is 15.1. The van der Waals surface area contributed by atoms with Crippen LogP contribution < -0.4 is 10.0 Å². The summed E-state index contributed by atoms with van der Waals surface area (Å²) in [4.78, 5) is 15.0. The van der Waals surface area contributed by atoms with E-state index in [9.17, 15) is 8.42 Å². The molecular weight excluding hydrogens is 518 g/mol. The second-order valence-electron chi connectivity index (χ2n) is 9.24. The number of rotatable bonds is 10. The van der Waals surface area contributed by atoms with E-state index in [0.29, 0.717) is 59.4 Å². The highest BCUT2D eigenvalue weighted by molar-refractivity contribution is 7.92. The number of sulfonamides is 1. The number of aromatic nitrogens is 3. The van der Waals surface area contributed by atoms with Gasteiger partial charge in [-0.15, -0.1) is 11.3 Å². The van der Waals surface area contributed by atoms with Crippen molar-refractivity contribution in [1.29, 1.82) is 0 Å². The van der Waals surface area contributed by atoms with Crippen LogP contribution >= 0.6 is 22.9 Å². The van der Waals surface area contributed by atoms with Crippen LogP contribution in [0.5, 0.6) is 0 Å². The minimum atomic E-state index is -3.49. The van der Waals surface area contributed by atoms with Crippen molar-refractivity contribution in [3.63, 3.8) is 0 Å². The first-order valence-electron chi connectivity index (χ1n) is 12.2. The van der Waals surface area contributed by atoms with Gasteiger partial charge in [-0.05, 0) is 37.3 Å². The van der Waals surface area contributed by atoms with E-state index >= 15 is 0 Å². The molecule has 11 heteroatoms. The summed E-state index contributed by atoms with van der Waals surface area (Å²) < 4.78 is 33.0. The molecule has 0 bridgehead atoms. The zero-order valence-electron chi connectivity index (χ0n) is 20.8. The average Bonchev–Trinajstić information content (AvgIpc) is 3.30. The highest BCUT2D eigenvalue weighted by Gasteiger charge is 2.26. The minimum absolute atomic E-state index is 0.0243. The lowest BCUT2D eigenvalue weighted by atomic mass is 10.0. The minimum Gasteiger partial charge on any atom is -0.381 e. The number of nitrogens with zero attached hydrogens (tertiary/aromatic N) is 3. The second-order valence-corrected chi connectivity index (χ2v) is 12.5. The zero-order valence-corrected chi connectivity index (χ0v) is 23.1. The van der Waals surface area contributed by atoms with E-state index in [1.165, 1.54) is 0 Å². The zero-order chi connectivity index (χ0) is 25.7. The van der Waals surface area contributed by atoms with E-state index in [1.54, 1.807) is 29.7 Å². The van der Waals surface area contributed by atoms with Crippen LogP contribution in [0.4, 0.5) is 11.6 Å². The van der Waals surface area contributed by atoms with Crippen molar-refractivity contribution in [2.45, 2.75) is 46.0 Å². The van der Waals surface area contributed by atoms with Crippen molar-refractivity contribution >= 4 is 44.6 Å². The SMILES string of the molecule is CCCS(=O)(=O)Nc1cccc(-c2nc(C3CCOCC3)sc2-c2ccnc(NCC(C)C)n2)c1Cl. The number of thiazole rings is 1. The average molecular weight is 550 g/mol. The molecule has 36 heavy (non-hydrogen) atoms. The lowest BCUT2D eigenvalue weighted by Crippen LogP contribution is -2.16. The Hall–Kier alpha value is -2.27. The Balaban J connectivity index is 1.78. The van der Waals surface area contributed by atoms with Gasteiger partial charge in [-0.1, -0.05) is 44.5 Å². The number of nitrogens with one attached hydrogen (secondary N) is 2. The molecule has 0 amide bonds. The summed E-state index contributed by atoms with van der Waals surface area (Å²) in [6.45, 7) is 8.26. The third-order valence-electron chi connectivity index (χ3n) is 5.76. The third kappa shape index (κ3) is 6.53.